The molecule has 0 amide bonds. The highest BCUT2D eigenvalue weighted by Gasteiger charge is 2.27. The molecular weight excluding hydrogens is 358 g/mol. The molecule has 1 rings (SSSR count). The molecule has 2 nitrogen and oxygen atoms in total. The van der Waals surface area contributed by atoms with E-state index in [1.807, 2.05) is 0 Å². The smallest absolute Gasteiger partial charge is 0.299 e. The van der Waals surface area contributed by atoms with E-state index >= 15 is 0 Å². The van der Waals surface area contributed by atoms with Gasteiger partial charge in [0.05, 0.1) is 13.0 Å². The Morgan fingerprint density at radius 1 is 1.28 bits per heavy atom. The van der Waals surface area contributed by atoms with Crippen LogP contribution in [0.5, 0.6) is 0 Å². The van der Waals surface area contributed by atoms with Gasteiger partial charge in [0, 0.05) is 15.7 Å². The van der Waals surface area contributed by atoms with Gasteiger partial charge >= 0.3 is 6.18 Å². The molecule has 0 saturated heterocycles. The van der Waals surface area contributed by atoms with Crippen LogP contribution >= 0.6 is 22.6 Å². The summed E-state index contributed by atoms with van der Waals surface area (Å²) in [4.78, 5) is 13.1. The number of ketones is 1. The van der Waals surface area contributed by atoms with E-state index in [9.17, 15) is 18.0 Å². The first-order chi connectivity index (χ1) is 8.28. The molecule has 0 unspecified atom stereocenters. The predicted octanol–water partition coefficient (Wildman–Crippen LogP) is 3.36. The maximum atomic E-state index is 12.0. The van der Waals surface area contributed by atoms with E-state index in [1.165, 1.54) is 11.9 Å². The molecule has 0 saturated carbocycles. The minimum atomic E-state index is -4.18. The average Bonchev–Trinajstić information content (AvgIpc) is 2.26. The lowest BCUT2D eigenvalue weighted by molar-refractivity contribution is -0.137. The number of alkyl halides is 3. The van der Waals surface area contributed by atoms with E-state index in [4.69, 9.17) is 0 Å². The van der Waals surface area contributed by atoms with Crippen LogP contribution in [0, 0.1) is 3.57 Å². The SMILES string of the molecule is CN(CCC(F)(F)F)CC(=O)c1ccc(I)cc1. The third kappa shape index (κ3) is 5.81. The van der Waals surface area contributed by atoms with Crippen LogP contribution in [0.4, 0.5) is 13.2 Å². The fourth-order valence-electron chi connectivity index (χ4n) is 1.37. The molecule has 1 aromatic carbocycles. The summed E-state index contributed by atoms with van der Waals surface area (Å²) in [6.45, 7) is -0.170. The van der Waals surface area contributed by atoms with Gasteiger partial charge in [0.2, 0.25) is 0 Å². The van der Waals surface area contributed by atoms with Crippen molar-refractivity contribution in [3.05, 3.63) is 33.4 Å². The maximum absolute atomic E-state index is 12.0. The molecule has 1 aromatic rings. The zero-order valence-electron chi connectivity index (χ0n) is 9.80. The van der Waals surface area contributed by atoms with Crippen molar-refractivity contribution in [1.29, 1.82) is 0 Å². The van der Waals surface area contributed by atoms with Gasteiger partial charge in [0.25, 0.3) is 0 Å². The Hall–Kier alpha value is -0.630. The first-order valence-corrected chi connectivity index (χ1v) is 6.40. The largest absolute Gasteiger partial charge is 0.390 e. The van der Waals surface area contributed by atoms with Crippen molar-refractivity contribution in [2.45, 2.75) is 12.6 Å². The number of nitrogens with zero attached hydrogens (tertiary/aromatic N) is 1. The number of rotatable bonds is 5. The summed E-state index contributed by atoms with van der Waals surface area (Å²) in [6.07, 6.45) is -5.08. The van der Waals surface area contributed by atoms with Gasteiger partial charge in [-0.2, -0.15) is 13.2 Å². The second kappa shape index (κ2) is 6.51. The lowest BCUT2D eigenvalue weighted by Crippen LogP contribution is -2.29. The average molecular weight is 371 g/mol. The van der Waals surface area contributed by atoms with Crippen molar-refractivity contribution in [3.63, 3.8) is 0 Å². The molecule has 0 radical (unpaired) electrons. The van der Waals surface area contributed by atoms with Gasteiger partial charge in [-0.3, -0.25) is 9.69 Å². The molecule has 0 aromatic heterocycles. The standard InChI is InChI=1S/C12H13F3INO/c1-17(7-6-12(13,14)15)8-11(18)9-2-4-10(16)5-3-9/h2-5H,6-8H2,1H3. The molecular formula is C12H13F3INO. The highest BCUT2D eigenvalue weighted by molar-refractivity contribution is 14.1. The molecule has 6 heteroatoms. The third-order valence-corrected chi connectivity index (χ3v) is 3.08. The molecule has 18 heavy (non-hydrogen) atoms. The first kappa shape index (κ1) is 15.4. The topological polar surface area (TPSA) is 20.3 Å². The van der Waals surface area contributed by atoms with Crippen molar-refractivity contribution in [3.8, 4) is 0 Å². The molecule has 0 aliphatic carbocycles. The van der Waals surface area contributed by atoms with E-state index in [1.54, 1.807) is 24.3 Å². The maximum Gasteiger partial charge on any atom is 0.390 e. The Morgan fingerprint density at radius 3 is 2.33 bits per heavy atom. The summed E-state index contributed by atoms with van der Waals surface area (Å²) in [5, 5.41) is 0. The van der Waals surface area contributed by atoms with Crippen LogP contribution in [-0.2, 0) is 0 Å². The Labute approximate surface area is 117 Å². The lowest BCUT2D eigenvalue weighted by atomic mass is 10.1. The second-order valence-corrected chi connectivity index (χ2v) is 5.28. The zero-order valence-corrected chi connectivity index (χ0v) is 12.0. The van der Waals surface area contributed by atoms with Gasteiger partial charge in [-0.1, -0.05) is 12.1 Å². The second-order valence-electron chi connectivity index (χ2n) is 4.03. The number of carbonyl (C=O) groups is 1. The quantitative estimate of drug-likeness (QED) is 0.585. The number of halogens is 4. The molecule has 0 spiro atoms. The van der Waals surface area contributed by atoms with Crippen LogP contribution in [0.3, 0.4) is 0 Å². The highest BCUT2D eigenvalue weighted by atomic mass is 127. The molecule has 0 heterocycles. The Balaban J connectivity index is 2.47. The number of Topliss-reactive ketones (excluding diaryl/α,β-unsaturated/α-hetero) is 1. The summed E-state index contributed by atoms with van der Waals surface area (Å²) in [7, 11) is 1.51. The minimum Gasteiger partial charge on any atom is -0.299 e. The molecule has 100 valence electrons. The van der Waals surface area contributed by atoms with Crippen molar-refractivity contribution in [2.75, 3.05) is 20.1 Å². The summed E-state index contributed by atoms with van der Waals surface area (Å²) in [5.74, 6) is -0.170. The number of hydrogen-bond donors (Lipinski definition) is 0. The van der Waals surface area contributed by atoms with Crippen molar-refractivity contribution < 1.29 is 18.0 Å². The summed E-state index contributed by atoms with van der Waals surface area (Å²) < 4.78 is 37.0. The highest BCUT2D eigenvalue weighted by Crippen LogP contribution is 2.19. The van der Waals surface area contributed by atoms with Crippen LogP contribution in [0.1, 0.15) is 16.8 Å². The van der Waals surface area contributed by atoms with E-state index in [-0.39, 0.29) is 18.9 Å². The molecule has 0 aliphatic rings. The van der Waals surface area contributed by atoms with Gasteiger partial charge < -0.3 is 0 Å². The summed E-state index contributed by atoms with van der Waals surface area (Å²) in [6, 6.07) is 6.95. The number of benzene rings is 1. The minimum absolute atomic E-state index is 0.00330. The van der Waals surface area contributed by atoms with Crippen LogP contribution in [0.15, 0.2) is 24.3 Å². The Morgan fingerprint density at radius 2 is 1.83 bits per heavy atom. The van der Waals surface area contributed by atoms with E-state index < -0.39 is 12.6 Å². The zero-order chi connectivity index (χ0) is 13.8. The van der Waals surface area contributed by atoms with E-state index in [0.29, 0.717) is 5.56 Å². The van der Waals surface area contributed by atoms with Gasteiger partial charge in [-0.15, -0.1) is 0 Å². The van der Waals surface area contributed by atoms with Crippen LogP contribution in [0.25, 0.3) is 0 Å². The molecule has 0 fully saturated rings. The van der Waals surface area contributed by atoms with Gasteiger partial charge in [-0.25, -0.2) is 0 Å². The monoisotopic (exact) mass is 371 g/mol. The first-order valence-electron chi connectivity index (χ1n) is 5.32. The molecule has 0 bridgehead atoms. The molecule has 0 aliphatic heterocycles. The Kier molecular flexibility index (Phi) is 5.58. The number of carbonyl (C=O) groups excluding carboxylic acids is 1. The summed E-state index contributed by atoms with van der Waals surface area (Å²) >= 11 is 2.12. The number of hydrogen-bond acceptors (Lipinski definition) is 2. The number of likely N-dealkylation sites (N-methyl/N-ethyl adjacent to an activating group) is 1. The van der Waals surface area contributed by atoms with Crippen LogP contribution in [0.2, 0.25) is 0 Å². The molecule has 0 N–H and O–H groups in total. The van der Waals surface area contributed by atoms with Crippen molar-refractivity contribution >= 4 is 28.4 Å². The van der Waals surface area contributed by atoms with Gasteiger partial charge in [0.1, 0.15) is 0 Å². The lowest BCUT2D eigenvalue weighted by Gasteiger charge is -2.16. The molecule has 0 atom stereocenters. The van der Waals surface area contributed by atoms with E-state index in [0.717, 1.165) is 3.57 Å². The van der Waals surface area contributed by atoms with Crippen LogP contribution in [-0.4, -0.2) is 37.0 Å². The Bertz CT molecular complexity index is 403. The normalized spacial score (nSPS) is 11.9. The fourth-order valence-corrected chi connectivity index (χ4v) is 1.73. The van der Waals surface area contributed by atoms with Gasteiger partial charge in [0.15, 0.2) is 5.78 Å². The van der Waals surface area contributed by atoms with Crippen molar-refractivity contribution in [1.82, 2.24) is 4.90 Å². The fraction of sp³-hybridized carbons (Fsp3) is 0.417. The summed E-state index contributed by atoms with van der Waals surface area (Å²) in [5.41, 5.74) is 0.522. The third-order valence-electron chi connectivity index (χ3n) is 2.36. The predicted molar refractivity (Wildman–Crippen MR) is 71.7 cm³/mol. The van der Waals surface area contributed by atoms with E-state index in [2.05, 4.69) is 22.6 Å². The van der Waals surface area contributed by atoms with Crippen molar-refractivity contribution in [2.24, 2.45) is 0 Å². The van der Waals surface area contributed by atoms with Gasteiger partial charge in [-0.05, 0) is 41.8 Å². The van der Waals surface area contributed by atoms with Crippen LogP contribution < -0.4 is 0 Å².